The molecule has 12 heavy (non-hydrogen) atoms. The summed E-state index contributed by atoms with van der Waals surface area (Å²) in [5, 5.41) is 0. The summed E-state index contributed by atoms with van der Waals surface area (Å²) in [5.74, 6) is 4.22. The second kappa shape index (κ2) is 5.13. The summed E-state index contributed by atoms with van der Waals surface area (Å²) in [6, 6.07) is 0.459. The average molecular weight is 187 g/mol. The van der Waals surface area contributed by atoms with E-state index in [-0.39, 0.29) is 0 Å². The van der Waals surface area contributed by atoms with Gasteiger partial charge < -0.3 is 5.73 Å². The van der Waals surface area contributed by atoms with Crippen LogP contribution in [0.25, 0.3) is 0 Å². The van der Waals surface area contributed by atoms with Gasteiger partial charge >= 0.3 is 0 Å². The molecule has 0 amide bonds. The monoisotopic (exact) mass is 187 g/mol. The summed E-state index contributed by atoms with van der Waals surface area (Å²) in [4.78, 5) is 0. The Bertz CT molecular complexity index is 121. The van der Waals surface area contributed by atoms with Gasteiger partial charge in [-0.15, -0.1) is 0 Å². The maximum Gasteiger partial charge on any atom is 0.0133 e. The van der Waals surface area contributed by atoms with E-state index in [0.29, 0.717) is 6.04 Å². The molecule has 0 aromatic rings. The molecule has 1 fully saturated rings. The van der Waals surface area contributed by atoms with E-state index in [2.05, 4.69) is 13.8 Å². The first kappa shape index (κ1) is 10.4. The standard InChI is InChI=1S/C10H21NS/c1-8(2)6-12-7-10(11)5-9-3-4-9/h8-10H,3-7,11H2,1-2H3. The van der Waals surface area contributed by atoms with Crippen molar-refractivity contribution in [2.24, 2.45) is 17.6 Å². The van der Waals surface area contributed by atoms with Crippen molar-refractivity contribution in [1.82, 2.24) is 0 Å². The fourth-order valence-corrected chi connectivity index (χ4v) is 2.35. The highest BCUT2D eigenvalue weighted by molar-refractivity contribution is 7.99. The summed E-state index contributed by atoms with van der Waals surface area (Å²) in [6.45, 7) is 4.53. The summed E-state index contributed by atoms with van der Waals surface area (Å²) < 4.78 is 0. The number of rotatable bonds is 6. The Kier molecular flexibility index (Phi) is 4.44. The van der Waals surface area contributed by atoms with Crippen LogP contribution in [0, 0.1) is 11.8 Å². The molecule has 2 N–H and O–H groups in total. The van der Waals surface area contributed by atoms with E-state index in [9.17, 15) is 0 Å². The Hall–Kier alpha value is 0.310. The van der Waals surface area contributed by atoms with Crippen LogP contribution >= 0.6 is 11.8 Å². The Balaban J connectivity index is 1.90. The van der Waals surface area contributed by atoms with Gasteiger partial charge in [-0.3, -0.25) is 0 Å². The SMILES string of the molecule is CC(C)CSCC(N)CC1CC1. The van der Waals surface area contributed by atoms with E-state index >= 15 is 0 Å². The molecule has 1 nitrogen and oxygen atoms in total. The molecule has 0 bridgehead atoms. The fraction of sp³-hybridized carbons (Fsp3) is 1.00. The fourth-order valence-electron chi connectivity index (χ4n) is 1.30. The molecule has 1 saturated carbocycles. The van der Waals surface area contributed by atoms with Gasteiger partial charge in [0.15, 0.2) is 0 Å². The summed E-state index contributed by atoms with van der Waals surface area (Å²) in [5.41, 5.74) is 5.98. The third kappa shape index (κ3) is 5.04. The summed E-state index contributed by atoms with van der Waals surface area (Å²) in [6.07, 6.45) is 4.14. The topological polar surface area (TPSA) is 26.0 Å². The molecule has 2 heteroatoms. The molecule has 1 rings (SSSR count). The van der Waals surface area contributed by atoms with Crippen molar-refractivity contribution in [1.29, 1.82) is 0 Å². The van der Waals surface area contributed by atoms with E-state index in [1.165, 1.54) is 25.0 Å². The molecule has 72 valence electrons. The molecule has 0 aromatic heterocycles. The molecule has 0 heterocycles. The number of hydrogen-bond donors (Lipinski definition) is 1. The van der Waals surface area contributed by atoms with Crippen LogP contribution in [0.4, 0.5) is 0 Å². The van der Waals surface area contributed by atoms with Gasteiger partial charge in [0.05, 0.1) is 0 Å². The lowest BCUT2D eigenvalue weighted by atomic mass is 10.2. The van der Waals surface area contributed by atoms with Gasteiger partial charge in [-0.2, -0.15) is 11.8 Å². The molecular formula is C10H21NS. The minimum Gasteiger partial charge on any atom is -0.327 e. The molecule has 1 aliphatic carbocycles. The van der Waals surface area contributed by atoms with Gasteiger partial charge in [-0.25, -0.2) is 0 Å². The maximum absolute atomic E-state index is 5.98. The van der Waals surface area contributed by atoms with Gasteiger partial charge in [0.1, 0.15) is 0 Å². The molecule has 0 aromatic carbocycles. The van der Waals surface area contributed by atoms with Crippen LogP contribution in [0.15, 0.2) is 0 Å². The molecule has 1 atom stereocenters. The third-order valence-corrected chi connectivity index (χ3v) is 3.68. The van der Waals surface area contributed by atoms with Crippen LogP contribution in [-0.4, -0.2) is 17.5 Å². The third-order valence-electron chi connectivity index (χ3n) is 2.12. The second-order valence-electron chi connectivity index (χ2n) is 4.37. The zero-order chi connectivity index (χ0) is 8.97. The smallest absolute Gasteiger partial charge is 0.0133 e. The van der Waals surface area contributed by atoms with Crippen LogP contribution in [0.3, 0.4) is 0 Å². The first-order valence-corrected chi connectivity index (χ1v) is 6.17. The predicted octanol–water partition coefficient (Wildman–Crippen LogP) is 2.50. The van der Waals surface area contributed by atoms with Crippen molar-refractivity contribution in [3.8, 4) is 0 Å². The highest BCUT2D eigenvalue weighted by Crippen LogP contribution is 2.33. The van der Waals surface area contributed by atoms with Crippen LogP contribution in [0.5, 0.6) is 0 Å². The Labute approximate surface area is 80.5 Å². The summed E-state index contributed by atoms with van der Waals surface area (Å²) in [7, 11) is 0. The van der Waals surface area contributed by atoms with Crippen LogP contribution in [-0.2, 0) is 0 Å². The van der Waals surface area contributed by atoms with Crippen molar-refractivity contribution < 1.29 is 0 Å². The first-order valence-electron chi connectivity index (χ1n) is 5.01. The molecule has 0 spiro atoms. The zero-order valence-electron chi connectivity index (χ0n) is 8.25. The van der Waals surface area contributed by atoms with Crippen LogP contribution < -0.4 is 5.73 Å². The maximum atomic E-state index is 5.98. The number of nitrogens with two attached hydrogens (primary N) is 1. The van der Waals surface area contributed by atoms with Gasteiger partial charge in [0.2, 0.25) is 0 Å². The molecular weight excluding hydrogens is 166 g/mol. The first-order chi connectivity index (χ1) is 5.68. The van der Waals surface area contributed by atoms with Gasteiger partial charge in [0, 0.05) is 11.8 Å². The zero-order valence-corrected chi connectivity index (χ0v) is 9.07. The van der Waals surface area contributed by atoms with E-state index in [4.69, 9.17) is 5.73 Å². The van der Waals surface area contributed by atoms with Gasteiger partial charge in [-0.1, -0.05) is 26.7 Å². The quantitative estimate of drug-likeness (QED) is 0.691. The van der Waals surface area contributed by atoms with E-state index in [1.54, 1.807) is 0 Å². The molecule has 1 aliphatic rings. The highest BCUT2D eigenvalue weighted by atomic mass is 32.2. The van der Waals surface area contributed by atoms with Gasteiger partial charge in [-0.05, 0) is 24.0 Å². The van der Waals surface area contributed by atoms with E-state index in [0.717, 1.165) is 17.6 Å². The van der Waals surface area contributed by atoms with Crippen molar-refractivity contribution >= 4 is 11.8 Å². The van der Waals surface area contributed by atoms with Crippen LogP contribution in [0.2, 0.25) is 0 Å². The minimum absolute atomic E-state index is 0.459. The second-order valence-corrected chi connectivity index (χ2v) is 5.45. The van der Waals surface area contributed by atoms with Crippen molar-refractivity contribution in [2.75, 3.05) is 11.5 Å². The highest BCUT2D eigenvalue weighted by Gasteiger charge is 2.23. The summed E-state index contributed by atoms with van der Waals surface area (Å²) >= 11 is 2.01. The lowest BCUT2D eigenvalue weighted by Crippen LogP contribution is -2.23. The lowest BCUT2D eigenvalue weighted by molar-refractivity contribution is 0.616. The molecule has 0 saturated heterocycles. The Morgan fingerprint density at radius 1 is 1.33 bits per heavy atom. The number of hydrogen-bond acceptors (Lipinski definition) is 2. The normalized spacial score (nSPS) is 20.0. The lowest BCUT2D eigenvalue weighted by Gasteiger charge is -2.11. The minimum atomic E-state index is 0.459. The van der Waals surface area contributed by atoms with Crippen molar-refractivity contribution in [2.45, 2.75) is 39.2 Å². The number of thioether (sulfide) groups is 1. The van der Waals surface area contributed by atoms with E-state index in [1.807, 2.05) is 11.8 Å². The Morgan fingerprint density at radius 3 is 2.50 bits per heavy atom. The van der Waals surface area contributed by atoms with Crippen molar-refractivity contribution in [3.63, 3.8) is 0 Å². The van der Waals surface area contributed by atoms with E-state index < -0.39 is 0 Å². The molecule has 1 unspecified atom stereocenters. The molecule has 0 radical (unpaired) electrons. The van der Waals surface area contributed by atoms with Crippen molar-refractivity contribution in [3.05, 3.63) is 0 Å². The molecule has 0 aliphatic heterocycles. The average Bonchev–Trinajstić information content (AvgIpc) is 2.70. The largest absolute Gasteiger partial charge is 0.327 e. The van der Waals surface area contributed by atoms with Gasteiger partial charge in [0.25, 0.3) is 0 Å². The predicted molar refractivity (Wildman–Crippen MR) is 57.5 cm³/mol. The Morgan fingerprint density at radius 2 is 2.00 bits per heavy atom. The van der Waals surface area contributed by atoms with Crippen LogP contribution in [0.1, 0.15) is 33.1 Å².